The fraction of sp³-hybridized carbons (Fsp3) is 0.273. The highest BCUT2D eigenvalue weighted by Crippen LogP contribution is 2.46. The number of rotatable bonds is 12. The maximum Gasteiger partial charge on any atom is 0.364 e. The number of hydrogen-bond donors (Lipinski definition) is 0. The summed E-state index contributed by atoms with van der Waals surface area (Å²) in [6.45, 7) is 37.8. The van der Waals surface area contributed by atoms with E-state index in [9.17, 15) is 0 Å². The van der Waals surface area contributed by atoms with Crippen molar-refractivity contribution >= 4 is 78.7 Å². The molecule has 0 atom stereocenters. The summed E-state index contributed by atoms with van der Waals surface area (Å²) in [4.78, 5) is 11.9. The minimum atomic E-state index is -3.36. The molecule has 0 spiro atoms. The van der Waals surface area contributed by atoms with E-state index in [1.165, 1.54) is 110 Å². The van der Waals surface area contributed by atoms with Gasteiger partial charge < -0.3 is 19.2 Å². The van der Waals surface area contributed by atoms with Crippen LogP contribution in [-0.4, -0.2) is 61.4 Å². The van der Waals surface area contributed by atoms with Crippen molar-refractivity contribution in [3.8, 4) is 0 Å². The highest BCUT2D eigenvalue weighted by atomic mass is 29.6. The Kier molecular flexibility index (Phi) is 14.2. The summed E-state index contributed by atoms with van der Waals surface area (Å²) in [5.41, 5.74) is 21.8. The fourth-order valence-electron chi connectivity index (χ4n) is 15.8. The van der Waals surface area contributed by atoms with Gasteiger partial charge in [0.25, 0.3) is 0 Å². The average molecular weight is 1030 g/mol. The molecule has 2 aliphatic rings. The number of nitrogens with zero attached hydrogens (tertiary/aromatic N) is 4. The molecule has 0 amide bonds. The smallest absolute Gasteiger partial charge is 0.364 e. The SMILES string of the molecule is Cc1cc(C)c(N2CCN(c3c(C)cc(C)cc3C)B2[Si](c2ccccc2)(c2ccccc2)[Si](C)(C)[Si](B2N(c3c(C)cc(C)cc3C)CCN2c2c(C)cc(C)cc2C)(c2ccccc2)c2ccccc2)c(C)c1. The highest BCUT2D eigenvalue weighted by molar-refractivity contribution is 7.97. The molecule has 4 nitrogen and oxygen atoms in total. The van der Waals surface area contributed by atoms with Crippen LogP contribution >= 0.6 is 0 Å². The van der Waals surface area contributed by atoms with Crippen molar-refractivity contribution in [2.75, 3.05) is 45.4 Å². The lowest BCUT2D eigenvalue weighted by molar-refractivity contribution is 1.01. The topological polar surface area (TPSA) is 13.0 Å². The van der Waals surface area contributed by atoms with Crippen LogP contribution in [0.5, 0.6) is 0 Å². The molecule has 75 heavy (non-hydrogen) atoms. The Morgan fingerprint density at radius 3 is 0.627 bits per heavy atom. The molecule has 380 valence electrons. The number of hydrogen-bond acceptors (Lipinski definition) is 4. The van der Waals surface area contributed by atoms with Crippen LogP contribution in [0.25, 0.3) is 0 Å². The van der Waals surface area contributed by atoms with Crippen LogP contribution in [0.1, 0.15) is 66.8 Å². The zero-order chi connectivity index (χ0) is 53.1. The molecule has 0 aromatic heterocycles. The van der Waals surface area contributed by atoms with Crippen molar-refractivity contribution in [3.63, 3.8) is 0 Å². The monoisotopic (exact) mass is 1030 g/mol. The van der Waals surface area contributed by atoms with Crippen molar-refractivity contribution in [1.29, 1.82) is 0 Å². The van der Waals surface area contributed by atoms with Crippen LogP contribution in [0.4, 0.5) is 22.7 Å². The Hall–Kier alpha value is -6.26. The largest absolute Gasteiger partial charge is 0.396 e. The van der Waals surface area contributed by atoms with Gasteiger partial charge >= 0.3 is 13.1 Å². The number of anilines is 4. The molecule has 8 aromatic carbocycles. The molecule has 9 heteroatoms. The Morgan fingerprint density at radius 1 is 0.280 bits per heavy atom. The van der Waals surface area contributed by atoms with Crippen molar-refractivity contribution in [2.45, 2.75) is 96.2 Å². The lowest BCUT2D eigenvalue weighted by Crippen LogP contribution is -3.00. The van der Waals surface area contributed by atoms with E-state index in [-0.39, 0.29) is 13.1 Å². The second-order valence-corrected chi connectivity index (χ2v) is 46.8. The summed E-state index contributed by atoms with van der Waals surface area (Å²) in [5, 5.41) is 6.13. The molecule has 2 aliphatic heterocycles. The summed E-state index contributed by atoms with van der Waals surface area (Å²) in [5.74, 6) is 0. The second-order valence-electron chi connectivity index (χ2n) is 23.2. The van der Waals surface area contributed by atoms with Gasteiger partial charge in [0, 0.05) is 48.9 Å². The van der Waals surface area contributed by atoms with Crippen LogP contribution in [0.3, 0.4) is 0 Å². The van der Waals surface area contributed by atoms with Gasteiger partial charge in [0.2, 0.25) is 0 Å². The standard InChI is InChI=1S/C66H78B2N4Si3/c1-47-39-51(5)63(52(6)40-47)69-35-36-70(64-53(7)41-48(2)42-54(64)8)67(69)74(59-27-19-15-20-28-59,60-29-21-16-22-30-60)73(13,14)75(61-31-23-17-24-32-61,62-33-25-18-26-34-62)68-71(65-55(9)43-49(3)44-56(65)10)37-38-72(68)66-57(11)45-50(4)46-58(66)12/h15-34,39-46H,35-38H2,1-14H3. The third-order valence-electron chi connectivity index (χ3n) is 17.7. The minimum Gasteiger partial charge on any atom is -0.396 e. The van der Waals surface area contributed by atoms with Gasteiger partial charge in [-0.3, -0.25) is 0 Å². The van der Waals surface area contributed by atoms with Crippen molar-refractivity contribution in [3.05, 3.63) is 237 Å². The average Bonchev–Trinajstić information content (AvgIpc) is 4.00. The van der Waals surface area contributed by atoms with Gasteiger partial charge in [-0.1, -0.05) is 226 Å². The van der Waals surface area contributed by atoms with E-state index in [0.29, 0.717) is 0 Å². The Labute approximate surface area is 454 Å². The zero-order valence-electron chi connectivity index (χ0n) is 47.4. The molecular weight excluding hydrogens is 955 g/mol. The van der Waals surface area contributed by atoms with Gasteiger partial charge in [0.05, 0.1) is 7.11 Å². The summed E-state index contributed by atoms with van der Waals surface area (Å²) >= 11 is 0. The molecule has 0 saturated carbocycles. The molecule has 0 aliphatic carbocycles. The van der Waals surface area contributed by atoms with Crippen LogP contribution in [0, 0.1) is 83.1 Å². The van der Waals surface area contributed by atoms with E-state index in [2.05, 4.69) is 285 Å². The first-order valence-electron chi connectivity index (χ1n) is 27.5. The van der Waals surface area contributed by atoms with E-state index in [0.717, 1.165) is 26.2 Å². The molecular formula is C66H78B2N4Si3. The molecule has 2 fully saturated rings. The first-order valence-corrected chi connectivity index (χ1v) is 36.7. The van der Waals surface area contributed by atoms with E-state index in [1.54, 1.807) is 0 Å². The van der Waals surface area contributed by atoms with E-state index >= 15 is 0 Å². The maximum absolute atomic E-state index is 3.36. The third kappa shape index (κ3) is 8.49. The summed E-state index contributed by atoms with van der Waals surface area (Å²) in [6, 6.07) is 68.3. The lowest BCUT2D eigenvalue weighted by Gasteiger charge is -2.60. The van der Waals surface area contributed by atoms with Crippen LogP contribution in [0.15, 0.2) is 170 Å². The first kappa shape index (κ1) is 52.2. The number of aryl methyl sites for hydroxylation is 12. The minimum absolute atomic E-state index is 0.0116. The van der Waals surface area contributed by atoms with Gasteiger partial charge in [-0.25, -0.2) is 0 Å². The fourth-order valence-corrected chi connectivity index (χ4v) is 59.6. The third-order valence-corrected chi connectivity index (χ3v) is 53.4. The Bertz CT molecular complexity index is 2860. The van der Waals surface area contributed by atoms with Crippen LogP contribution < -0.4 is 40.0 Å². The van der Waals surface area contributed by atoms with Gasteiger partial charge in [0.1, 0.15) is 14.9 Å². The summed E-state index contributed by atoms with van der Waals surface area (Å²) < 4.78 is 0. The molecule has 8 aromatic rings. The van der Waals surface area contributed by atoms with Gasteiger partial charge in [0.15, 0.2) is 0 Å². The van der Waals surface area contributed by atoms with Crippen molar-refractivity contribution < 1.29 is 0 Å². The van der Waals surface area contributed by atoms with Gasteiger partial charge in [-0.15, -0.1) is 0 Å². The molecule has 10 rings (SSSR count). The van der Waals surface area contributed by atoms with Gasteiger partial charge in [-0.2, -0.15) is 0 Å². The van der Waals surface area contributed by atoms with Crippen molar-refractivity contribution in [2.24, 2.45) is 0 Å². The number of benzene rings is 8. The second kappa shape index (κ2) is 20.4. The van der Waals surface area contributed by atoms with E-state index < -0.39 is 22.0 Å². The summed E-state index contributed by atoms with van der Waals surface area (Å²) in [7, 11) is -9.84. The molecule has 2 heterocycles. The Morgan fingerprint density at radius 2 is 0.453 bits per heavy atom. The molecule has 0 N–H and O–H groups in total. The van der Waals surface area contributed by atoms with E-state index in [1.807, 2.05) is 0 Å². The Balaban J connectivity index is 1.46. The van der Waals surface area contributed by atoms with E-state index in [4.69, 9.17) is 0 Å². The quantitative estimate of drug-likeness (QED) is 0.113. The zero-order valence-corrected chi connectivity index (χ0v) is 50.4. The predicted octanol–water partition coefficient (Wildman–Crippen LogP) is 12.3. The predicted molar refractivity (Wildman–Crippen MR) is 337 cm³/mol. The van der Waals surface area contributed by atoms with Gasteiger partial charge in [-0.05, 0) is 128 Å². The molecule has 0 unspecified atom stereocenters. The molecule has 2 saturated heterocycles. The van der Waals surface area contributed by atoms with Crippen LogP contribution in [0.2, 0.25) is 13.1 Å². The van der Waals surface area contributed by atoms with Crippen molar-refractivity contribution in [1.82, 2.24) is 0 Å². The molecule has 0 radical (unpaired) electrons. The van der Waals surface area contributed by atoms with Crippen LogP contribution in [-0.2, 0) is 0 Å². The first-order chi connectivity index (χ1) is 35.9. The lowest BCUT2D eigenvalue weighted by atomic mass is 9.94. The highest BCUT2D eigenvalue weighted by Gasteiger charge is 2.76. The summed E-state index contributed by atoms with van der Waals surface area (Å²) in [6.07, 6.45) is 0. The molecule has 0 bridgehead atoms. The maximum atomic E-state index is 2.98. The normalized spacial score (nSPS) is 14.4.